The van der Waals surface area contributed by atoms with Crippen LogP contribution in [0, 0.1) is 6.92 Å². The molecule has 0 radical (unpaired) electrons. The number of rotatable bonds is 1. The topological polar surface area (TPSA) is 97.8 Å². The smallest absolute Gasteiger partial charge is 0.179 e. The van der Waals surface area contributed by atoms with Crippen molar-refractivity contribution in [3.8, 4) is 11.5 Å². The highest BCUT2D eigenvalue weighted by Crippen LogP contribution is 2.23. The van der Waals surface area contributed by atoms with Gasteiger partial charge in [0.2, 0.25) is 0 Å². The van der Waals surface area contributed by atoms with E-state index in [1.807, 2.05) is 37.3 Å². The Morgan fingerprint density at radius 1 is 1.20 bits per heavy atom. The van der Waals surface area contributed by atoms with E-state index in [0.717, 1.165) is 16.7 Å². The molecule has 0 saturated carbocycles. The van der Waals surface area contributed by atoms with Gasteiger partial charge in [0.05, 0.1) is 16.7 Å². The standard InChI is InChI=1S/C13H11N7/c1-7-6-10-17-18-11(12(14)20(10)19-7)13-15-8-4-2-3-5-9(8)16-13/h2-6H,14H2,1H3,(H,15,16). The summed E-state index contributed by atoms with van der Waals surface area (Å²) >= 11 is 0. The normalized spacial score (nSPS) is 11.4. The quantitative estimate of drug-likeness (QED) is 0.544. The summed E-state index contributed by atoms with van der Waals surface area (Å²) in [6.45, 7) is 1.88. The van der Waals surface area contributed by atoms with Crippen molar-refractivity contribution >= 4 is 22.5 Å². The van der Waals surface area contributed by atoms with Crippen LogP contribution in [-0.2, 0) is 0 Å². The molecular weight excluding hydrogens is 254 g/mol. The van der Waals surface area contributed by atoms with E-state index >= 15 is 0 Å². The van der Waals surface area contributed by atoms with E-state index in [2.05, 4.69) is 25.3 Å². The van der Waals surface area contributed by atoms with Gasteiger partial charge in [-0.1, -0.05) is 12.1 Å². The minimum atomic E-state index is 0.419. The molecule has 0 aliphatic heterocycles. The molecule has 0 aliphatic rings. The first kappa shape index (κ1) is 10.9. The third-order valence-electron chi connectivity index (χ3n) is 3.15. The van der Waals surface area contributed by atoms with Crippen LogP contribution in [0.3, 0.4) is 0 Å². The second kappa shape index (κ2) is 3.77. The number of H-pyrrole nitrogens is 1. The van der Waals surface area contributed by atoms with Gasteiger partial charge in [0.1, 0.15) is 0 Å². The van der Waals surface area contributed by atoms with Crippen molar-refractivity contribution in [2.75, 3.05) is 5.73 Å². The van der Waals surface area contributed by atoms with Gasteiger partial charge in [-0.25, -0.2) is 4.98 Å². The van der Waals surface area contributed by atoms with Gasteiger partial charge >= 0.3 is 0 Å². The van der Waals surface area contributed by atoms with Crippen molar-refractivity contribution in [2.45, 2.75) is 6.92 Å². The predicted molar refractivity (Wildman–Crippen MR) is 75.0 cm³/mol. The summed E-state index contributed by atoms with van der Waals surface area (Å²) in [7, 11) is 0. The SMILES string of the molecule is Cc1cc2nnc(-c3nc4ccccc4[nH]3)c(N)n2n1. The first-order valence-electron chi connectivity index (χ1n) is 6.16. The minimum Gasteiger partial charge on any atom is -0.382 e. The zero-order chi connectivity index (χ0) is 13.7. The Morgan fingerprint density at radius 3 is 2.90 bits per heavy atom. The highest BCUT2D eigenvalue weighted by atomic mass is 15.3. The van der Waals surface area contributed by atoms with Crippen molar-refractivity contribution in [2.24, 2.45) is 0 Å². The number of aromatic amines is 1. The lowest BCUT2D eigenvalue weighted by atomic mass is 10.3. The highest BCUT2D eigenvalue weighted by Gasteiger charge is 2.14. The van der Waals surface area contributed by atoms with Crippen molar-refractivity contribution in [1.29, 1.82) is 0 Å². The monoisotopic (exact) mass is 265 g/mol. The molecule has 0 amide bonds. The van der Waals surface area contributed by atoms with Gasteiger partial charge in [0, 0.05) is 6.07 Å². The lowest BCUT2D eigenvalue weighted by Crippen LogP contribution is -2.06. The molecule has 3 heterocycles. The van der Waals surface area contributed by atoms with E-state index in [1.165, 1.54) is 0 Å². The lowest BCUT2D eigenvalue weighted by Gasteiger charge is -2.02. The molecule has 0 fully saturated rings. The van der Waals surface area contributed by atoms with E-state index in [9.17, 15) is 0 Å². The molecule has 98 valence electrons. The van der Waals surface area contributed by atoms with Crippen molar-refractivity contribution in [3.05, 3.63) is 36.0 Å². The molecule has 20 heavy (non-hydrogen) atoms. The Balaban J connectivity index is 1.99. The molecule has 1 aromatic carbocycles. The summed E-state index contributed by atoms with van der Waals surface area (Å²) in [5.74, 6) is 1.01. The molecular formula is C13H11N7. The van der Waals surface area contributed by atoms with Crippen molar-refractivity contribution in [1.82, 2.24) is 29.8 Å². The minimum absolute atomic E-state index is 0.419. The second-order valence-corrected chi connectivity index (χ2v) is 4.59. The van der Waals surface area contributed by atoms with Crippen molar-refractivity contribution in [3.63, 3.8) is 0 Å². The maximum absolute atomic E-state index is 6.12. The number of aromatic nitrogens is 6. The number of nitrogens with zero attached hydrogens (tertiary/aromatic N) is 5. The second-order valence-electron chi connectivity index (χ2n) is 4.59. The van der Waals surface area contributed by atoms with E-state index in [0.29, 0.717) is 23.0 Å². The number of fused-ring (bicyclic) bond motifs is 2. The van der Waals surface area contributed by atoms with Gasteiger partial charge in [-0.2, -0.15) is 9.61 Å². The van der Waals surface area contributed by atoms with Gasteiger partial charge < -0.3 is 10.7 Å². The number of hydrogen-bond donors (Lipinski definition) is 2. The van der Waals surface area contributed by atoms with E-state index < -0.39 is 0 Å². The number of nitrogens with one attached hydrogen (secondary N) is 1. The molecule has 3 aromatic heterocycles. The molecule has 0 atom stereocenters. The zero-order valence-corrected chi connectivity index (χ0v) is 10.7. The van der Waals surface area contributed by atoms with E-state index in [1.54, 1.807) is 4.52 Å². The molecule has 0 bridgehead atoms. The summed E-state index contributed by atoms with van der Waals surface area (Å²) in [6, 6.07) is 9.58. The van der Waals surface area contributed by atoms with Crippen LogP contribution >= 0.6 is 0 Å². The summed E-state index contributed by atoms with van der Waals surface area (Å²) in [5, 5.41) is 12.6. The Labute approximate surface area is 113 Å². The fourth-order valence-corrected chi connectivity index (χ4v) is 2.22. The molecule has 0 spiro atoms. The average Bonchev–Trinajstić information content (AvgIpc) is 3.02. The highest BCUT2D eigenvalue weighted by molar-refractivity contribution is 5.80. The fraction of sp³-hybridized carbons (Fsp3) is 0.0769. The van der Waals surface area contributed by atoms with Gasteiger partial charge in [0.25, 0.3) is 0 Å². The third-order valence-corrected chi connectivity index (χ3v) is 3.15. The van der Waals surface area contributed by atoms with Gasteiger partial charge in [-0.05, 0) is 19.1 Å². The first-order valence-corrected chi connectivity index (χ1v) is 6.16. The Hall–Kier alpha value is -2.96. The van der Waals surface area contributed by atoms with Crippen LogP contribution in [0.15, 0.2) is 30.3 Å². The van der Waals surface area contributed by atoms with E-state index in [-0.39, 0.29) is 0 Å². The Morgan fingerprint density at radius 2 is 2.05 bits per heavy atom. The summed E-state index contributed by atoms with van der Waals surface area (Å²) in [5.41, 5.74) is 9.88. The number of anilines is 1. The van der Waals surface area contributed by atoms with E-state index in [4.69, 9.17) is 5.73 Å². The average molecular weight is 265 g/mol. The number of nitrogens with two attached hydrogens (primary N) is 1. The zero-order valence-electron chi connectivity index (χ0n) is 10.7. The number of nitrogen functional groups attached to an aromatic ring is 1. The molecule has 4 aromatic rings. The summed E-state index contributed by atoms with van der Waals surface area (Å²) < 4.78 is 1.57. The summed E-state index contributed by atoms with van der Waals surface area (Å²) in [6.07, 6.45) is 0. The third kappa shape index (κ3) is 1.46. The van der Waals surface area contributed by atoms with Crippen LogP contribution in [0.5, 0.6) is 0 Å². The maximum atomic E-state index is 6.12. The van der Waals surface area contributed by atoms with Crippen LogP contribution in [0.1, 0.15) is 5.69 Å². The molecule has 7 heteroatoms. The number of benzene rings is 1. The number of para-hydroxylation sites is 2. The van der Waals surface area contributed by atoms with Gasteiger partial charge in [-0.15, -0.1) is 10.2 Å². The predicted octanol–water partition coefficient (Wildman–Crippen LogP) is 1.56. The number of aryl methyl sites for hydroxylation is 1. The van der Waals surface area contributed by atoms with Crippen molar-refractivity contribution < 1.29 is 0 Å². The first-order chi connectivity index (χ1) is 9.72. The molecule has 3 N–H and O–H groups in total. The van der Waals surface area contributed by atoms with Gasteiger partial charge in [-0.3, -0.25) is 0 Å². The molecule has 0 aliphatic carbocycles. The molecule has 4 rings (SSSR count). The Kier molecular flexibility index (Phi) is 2.06. The lowest BCUT2D eigenvalue weighted by molar-refractivity contribution is 0.889. The number of imidazole rings is 1. The molecule has 0 unspecified atom stereocenters. The largest absolute Gasteiger partial charge is 0.382 e. The van der Waals surface area contributed by atoms with Crippen LogP contribution in [0.2, 0.25) is 0 Å². The fourth-order valence-electron chi connectivity index (χ4n) is 2.22. The van der Waals surface area contributed by atoms with Crippen LogP contribution in [0.4, 0.5) is 5.82 Å². The summed E-state index contributed by atoms with van der Waals surface area (Å²) in [4.78, 5) is 7.67. The number of hydrogen-bond acceptors (Lipinski definition) is 5. The van der Waals surface area contributed by atoms with Crippen LogP contribution < -0.4 is 5.73 Å². The van der Waals surface area contributed by atoms with Crippen LogP contribution in [0.25, 0.3) is 28.2 Å². The van der Waals surface area contributed by atoms with Gasteiger partial charge in [0.15, 0.2) is 23.0 Å². The van der Waals surface area contributed by atoms with Crippen LogP contribution in [-0.4, -0.2) is 29.8 Å². The Bertz CT molecular complexity index is 901. The molecule has 7 nitrogen and oxygen atoms in total. The molecule has 0 saturated heterocycles. The maximum Gasteiger partial charge on any atom is 0.179 e.